The van der Waals surface area contributed by atoms with Crippen LogP contribution in [0.15, 0.2) is 72.0 Å². The Morgan fingerprint density at radius 1 is 1.05 bits per heavy atom. The molecular formula is C27H26F3N7O3. The van der Waals surface area contributed by atoms with Gasteiger partial charge in [-0.2, -0.15) is 18.3 Å². The van der Waals surface area contributed by atoms with E-state index in [1.54, 1.807) is 17.0 Å². The van der Waals surface area contributed by atoms with Crippen molar-refractivity contribution in [3.8, 4) is 16.9 Å². The number of alkyl halides is 3. The number of anilines is 1. The zero-order valence-corrected chi connectivity index (χ0v) is 21.7. The first-order valence-corrected chi connectivity index (χ1v) is 12.4. The number of nitrogens with zero attached hydrogens (tertiary/aromatic N) is 6. The van der Waals surface area contributed by atoms with Gasteiger partial charge in [0.15, 0.2) is 0 Å². The second kappa shape index (κ2) is 11.9. The van der Waals surface area contributed by atoms with Gasteiger partial charge in [0.05, 0.1) is 23.1 Å². The first-order chi connectivity index (χ1) is 19.1. The van der Waals surface area contributed by atoms with E-state index >= 15 is 0 Å². The third kappa shape index (κ3) is 6.42. The predicted molar refractivity (Wildman–Crippen MR) is 141 cm³/mol. The van der Waals surface area contributed by atoms with E-state index in [2.05, 4.69) is 20.4 Å². The van der Waals surface area contributed by atoms with E-state index in [4.69, 9.17) is 0 Å². The summed E-state index contributed by atoms with van der Waals surface area (Å²) in [6, 6.07) is 9.38. The summed E-state index contributed by atoms with van der Waals surface area (Å²) in [5, 5.41) is 6.65. The van der Waals surface area contributed by atoms with Crippen molar-refractivity contribution in [3.63, 3.8) is 0 Å². The number of pyridine rings is 3. The van der Waals surface area contributed by atoms with Gasteiger partial charge in [-0.05, 0) is 50.2 Å². The van der Waals surface area contributed by atoms with Crippen molar-refractivity contribution >= 4 is 17.6 Å². The summed E-state index contributed by atoms with van der Waals surface area (Å²) in [7, 11) is 0. The molecule has 0 aromatic carbocycles. The topological polar surface area (TPSA) is 115 Å². The van der Waals surface area contributed by atoms with Crippen LogP contribution in [-0.4, -0.2) is 54.1 Å². The first kappa shape index (κ1) is 28.2. The maximum absolute atomic E-state index is 13.7. The standard InChI is InChI=1S/C27H26F3N7O3/c1-3-35(4-2)25(39)11-13-36-17-19(7-10-24(36)38)26(40)33-23-9-8-20(16-32-23)37-22(27(28,29)30)14-21(34-37)18-6-5-12-31-15-18/h5-10,12,14-17H,3-4,11,13H2,1-2H3,(H,32,33,40). The monoisotopic (exact) mass is 553 g/mol. The molecule has 13 heteroatoms. The average molecular weight is 554 g/mol. The van der Waals surface area contributed by atoms with Crippen LogP contribution in [0.3, 0.4) is 0 Å². The normalized spacial score (nSPS) is 11.3. The highest BCUT2D eigenvalue weighted by Gasteiger charge is 2.36. The Balaban J connectivity index is 1.50. The van der Waals surface area contributed by atoms with Crippen LogP contribution in [0.4, 0.5) is 19.0 Å². The van der Waals surface area contributed by atoms with E-state index in [9.17, 15) is 27.6 Å². The highest BCUT2D eigenvalue weighted by molar-refractivity contribution is 6.03. The molecule has 10 nitrogen and oxygen atoms in total. The maximum atomic E-state index is 13.7. The third-order valence-corrected chi connectivity index (χ3v) is 6.12. The number of hydrogen-bond donors (Lipinski definition) is 1. The van der Waals surface area contributed by atoms with Gasteiger partial charge in [0.1, 0.15) is 11.5 Å². The van der Waals surface area contributed by atoms with Gasteiger partial charge in [0, 0.05) is 56.3 Å². The second-order valence-corrected chi connectivity index (χ2v) is 8.69. The van der Waals surface area contributed by atoms with Crippen molar-refractivity contribution in [1.82, 2.24) is 29.2 Å². The Morgan fingerprint density at radius 3 is 2.45 bits per heavy atom. The van der Waals surface area contributed by atoms with E-state index < -0.39 is 17.8 Å². The number of nitrogens with one attached hydrogen (secondary N) is 1. The molecule has 4 aromatic heterocycles. The van der Waals surface area contributed by atoms with Gasteiger partial charge in [-0.15, -0.1) is 0 Å². The molecule has 0 radical (unpaired) electrons. The molecule has 0 saturated heterocycles. The molecule has 4 aromatic rings. The fraction of sp³-hybridized carbons (Fsp3) is 0.259. The quantitative estimate of drug-likeness (QED) is 0.335. The summed E-state index contributed by atoms with van der Waals surface area (Å²) >= 11 is 0. The van der Waals surface area contributed by atoms with E-state index in [0.29, 0.717) is 18.7 Å². The van der Waals surface area contributed by atoms with E-state index in [1.165, 1.54) is 47.4 Å². The zero-order chi connectivity index (χ0) is 28.9. The maximum Gasteiger partial charge on any atom is 0.433 e. The Hall–Kier alpha value is -4.81. The number of rotatable bonds is 9. The molecule has 0 atom stereocenters. The number of carbonyl (C=O) groups is 2. The lowest BCUT2D eigenvalue weighted by atomic mass is 10.2. The van der Waals surface area contributed by atoms with Crippen LogP contribution in [0, 0.1) is 0 Å². The Morgan fingerprint density at radius 2 is 1.82 bits per heavy atom. The van der Waals surface area contributed by atoms with Crippen molar-refractivity contribution in [2.45, 2.75) is 33.0 Å². The summed E-state index contributed by atoms with van der Waals surface area (Å²) in [4.78, 5) is 47.0. The fourth-order valence-electron chi connectivity index (χ4n) is 4.00. The van der Waals surface area contributed by atoms with Gasteiger partial charge in [0.25, 0.3) is 11.5 Å². The van der Waals surface area contributed by atoms with Gasteiger partial charge < -0.3 is 14.8 Å². The smallest absolute Gasteiger partial charge is 0.343 e. The van der Waals surface area contributed by atoms with Crippen LogP contribution in [-0.2, 0) is 17.5 Å². The fourth-order valence-corrected chi connectivity index (χ4v) is 4.00. The SMILES string of the molecule is CCN(CC)C(=O)CCn1cc(C(=O)Nc2ccc(-n3nc(-c4cccnc4)cc3C(F)(F)F)cn2)ccc1=O. The summed E-state index contributed by atoms with van der Waals surface area (Å²) in [6.45, 7) is 4.95. The third-order valence-electron chi connectivity index (χ3n) is 6.12. The highest BCUT2D eigenvalue weighted by Crippen LogP contribution is 2.34. The Labute approximate surface area is 227 Å². The van der Waals surface area contributed by atoms with Gasteiger partial charge in [-0.25, -0.2) is 9.67 Å². The molecule has 0 unspecified atom stereocenters. The average Bonchev–Trinajstić information content (AvgIpc) is 3.41. The van der Waals surface area contributed by atoms with Crippen LogP contribution >= 0.6 is 0 Å². The lowest BCUT2D eigenvalue weighted by Gasteiger charge is -2.18. The minimum atomic E-state index is -4.68. The van der Waals surface area contributed by atoms with Crippen molar-refractivity contribution in [2.24, 2.45) is 0 Å². The molecule has 0 bridgehead atoms. The van der Waals surface area contributed by atoms with Gasteiger partial charge in [0.2, 0.25) is 5.91 Å². The van der Waals surface area contributed by atoms with Crippen LogP contribution in [0.2, 0.25) is 0 Å². The van der Waals surface area contributed by atoms with E-state index in [0.717, 1.165) is 16.9 Å². The molecule has 208 valence electrons. The largest absolute Gasteiger partial charge is 0.433 e. The van der Waals surface area contributed by atoms with Crippen LogP contribution < -0.4 is 10.9 Å². The summed E-state index contributed by atoms with van der Waals surface area (Å²) in [5.74, 6) is -0.608. The minimum Gasteiger partial charge on any atom is -0.343 e. The summed E-state index contributed by atoms with van der Waals surface area (Å²) in [6.07, 6.45) is 0.844. The number of hydrogen-bond acceptors (Lipinski definition) is 6. The molecular weight excluding hydrogens is 527 g/mol. The van der Waals surface area contributed by atoms with Crippen LogP contribution in [0.1, 0.15) is 36.3 Å². The molecule has 0 aliphatic heterocycles. The number of halogens is 3. The van der Waals surface area contributed by atoms with Crippen molar-refractivity contribution < 1.29 is 22.8 Å². The lowest BCUT2D eigenvalue weighted by Crippen LogP contribution is -2.32. The molecule has 40 heavy (non-hydrogen) atoms. The summed E-state index contributed by atoms with van der Waals surface area (Å²) in [5.41, 5.74) is -0.669. The van der Waals surface area contributed by atoms with E-state index in [-0.39, 0.29) is 47.2 Å². The molecule has 0 fully saturated rings. The minimum absolute atomic E-state index is 0.0342. The summed E-state index contributed by atoms with van der Waals surface area (Å²) < 4.78 is 43.2. The van der Waals surface area contributed by atoms with Crippen molar-refractivity contribution in [2.75, 3.05) is 18.4 Å². The molecule has 0 aliphatic rings. The molecule has 1 N–H and O–H groups in total. The Bertz CT molecular complexity index is 1540. The Kier molecular flexibility index (Phi) is 8.41. The number of carbonyl (C=O) groups excluding carboxylic acids is 2. The van der Waals surface area contributed by atoms with Gasteiger partial charge in [-0.3, -0.25) is 19.4 Å². The van der Waals surface area contributed by atoms with Gasteiger partial charge >= 0.3 is 6.18 Å². The van der Waals surface area contributed by atoms with E-state index in [1.807, 2.05) is 13.8 Å². The lowest BCUT2D eigenvalue weighted by molar-refractivity contribution is -0.142. The number of aryl methyl sites for hydroxylation is 1. The van der Waals surface area contributed by atoms with Gasteiger partial charge in [-0.1, -0.05) is 0 Å². The van der Waals surface area contributed by atoms with Crippen LogP contribution in [0.25, 0.3) is 16.9 Å². The molecule has 2 amide bonds. The predicted octanol–water partition coefficient (Wildman–Crippen LogP) is 4.02. The number of aromatic nitrogens is 5. The van der Waals surface area contributed by atoms with Crippen molar-refractivity contribution in [3.05, 3.63) is 88.9 Å². The molecule has 0 spiro atoms. The van der Waals surface area contributed by atoms with Crippen LogP contribution in [0.5, 0.6) is 0 Å². The first-order valence-electron chi connectivity index (χ1n) is 12.4. The second-order valence-electron chi connectivity index (χ2n) is 8.69. The molecule has 0 saturated carbocycles. The zero-order valence-electron chi connectivity index (χ0n) is 21.7. The molecule has 0 aliphatic carbocycles. The van der Waals surface area contributed by atoms with Crippen molar-refractivity contribution in [1.29, 1.82) is 0 Å². The number of amides is 2. The molecule has 4 rings (SSSR count). The molecule has 4 heterocycles. The highest BCUT2D eigenvalue weighted by atomic mass is 19.4.